The van der Waals surface area contributed by atoms with Crippen molar-refractivity contribution in [2.24, 2.45) is 0 Å². The molecule has 1 aromatic rings. The van der Waals surface area contributed by atoms with Gasteiger partial charge in [-0.1, -0.05) is 30.3 Å². The van der Waals surface area contributed by atoms with Crippen LogP contribution in [0.3, 0.4) is 0 Å². The largest absolute Gasteiger partial charge is 0.366 e. The fourth-order valence-electron chi connectivity index (χ4n) is 1.57. The van der Waals surface area contributed by atoms with Gasteiger partial charge in [-0.2, -0.15) is 0 Å². The van der Waals surface area contributed by atoms with Crippen molar-refractivity contribution in [2.75, 3.05) is 6.61 Å². The predicted octanol–water partition coefficient (Wildman–Crippen LogP) is 2.11. The van der Waals surface area contributed by atoms with E-state index >= 15 is 0 Å². The Morgan fingerprint density at radius 2 is 2.00 bits per heavy atom. The molecule has 1 aliphatic heterocycles. The Bertz CT molecular complexity index is 282. The molecule has 0 bridgehead atoms. The molecule has 0 aliphatic carbocycles. The second-order valence-electron chi connectivity index (χ2n) is 3.29. The first-order valence-electron chi connectivity index (χ1n) is 4.54. The van der Waals surface area contributed by atoms with Crippen LogP contribution >= 0.6 is 0 Å². The minimum absolute atomic E-state index is 0.124. The van der Waals surface area contributed by atoms with Crippen LogP contribution < -0.4 is 0 Å². The fourth-order valence-corrected chi connectivity index (χ4v) is 1.57. The number of ether oxygens (including phenoxy) is 1. The van der Waals surface area contributed by atoms with Gasteiger partial charge in [0.25, 0.3) is 0 Å². The molecule has 2 heteroatoms. The number of hydrogen-bond donors (Lipinski definition) is 0. The lowest BCUT2D eigenvalue weighted by atomic mass is 10.0. The SMILES string of the molecule is O=C1CC[C@H](c2ccccc2)OC1. The van der Waals surface area contributed by atoms with Crippen molar-refractivity contribution in [1.29, 1.82) is 0 Å². The van der Waals surface area contributed by atoms with E-state index in [2.05, 4.69) is 0 Å². The average molecular weight is 176 g/mol. The topological polar surface area (TPSA) is 26.3 Å². The van der Waals surface area contributed by atoms with E-state index in [-0.39, 0.29) is 18.5 Å². The number of carbonyl (C=O) groups is 1. The highest BCUT2D eigenvalue weighted by molar-refractivity contribution is 5.80. The third-order valence-electron chi connectivity index (χ3n) is 2.30. The van der Waals surface area contributed by atoms with Gasteiger partial charge in [-0.15, -0.1) is 0 Å². The van der Waals surface area contributed by atoms with E-state index in [4.69, 9.17) is 4.74 Å². The second-order valence-corrected chi connectivity index (χ2v) is 3.29. The zero-order chi connectivity index (χ0) is 9.10. The highest BCUT2D eigenvalue weighted by Gasteiger charge is 2.19. The van der Waals surface area contributed by atoms with Crippen molar-refractivity contribution in [1.82, 2.24) is 0 Å². The molecular weight excluding hydrogens is 164 g/mol. The summed E-state index contributed by atoms with van der Waals surface area (Å²) in [5.41, 5.74) is 1.18. The lowest BCUT2D eigenvalue weighted by Crippen LogP contribution is -2.19. The van der Waals surface area contributed by atoms with Gasteiger partial charge in [0.05, 0.1) is 6.10 Å². The summed E-state index contributed by atoms with van der Waals surface area (Å²) in [4.78, 5) is 10.9. The van der Waals surface area contributed by atoms with Crippen molar-refractivity contribution in [3.63, 3.8) is 0 Å². The molecule has 1 saturated heterocycles. The standard InChI is InChI=1S/C11H12O2/c12-10-6-7-11(13-8-10)9-4-2-1-3-5-9/h1-5,11H,6-8H2/t11-/m1/s1. The maximum absolute atomic E-state index is 10.9. The highest BCUT2D eigenvalue weighted by Crippen LogP contribution is 2.25. The predicted molar refractivity (Wildman–Crippen MR) is 49.4 cm³/mol. The quantitative estimate of drug-likeness (QED) is 0.655. The number of hydrogen-bond acceptors (Lipinski definition) is 2. The maximum Gasteiger partial charge on any atom is 0.158 e. The molecule has 0 aromatic heterocycles. The number of ketones is 1. The van der Waals surface area contributed by atoms with Crippen molar-refractivity contribution < 1.29 is 9.53 Å². The van der Waals surface area contributed by atoms with Crippen LogP contribution in [0.2, 0.25) is 0 Å². The van der Waals surface area contributed by atoms with E-state index in [9.17, 15) is 4.79 Å². The summed E-state index contributed by atoms with van der Waals surface area (Å²) in [5.74, 6) is 0.215. The van der Waals surface area contributed by atoms with Crippen LogP contribution in [0.15, 0.2) is 30.3 Å². The molecular formula is C11H12O2. The molecule has 0 amide bonds. The lowest BCUT2D eigenvalue weighted by molar-refractivity contribution is -0.131. The van der Waals surface area contributed by atoms with Crippen LogP contribution in [0.1, 0.15) is 24.5 Å². The first-order chi connectivity index (χ1) is 6.36. The minimum atomic E-state index is 0.124. The van der Waals surface area contributed by atoms with Crippen LogP contribution in [-0.4, -0.2) is 12.4 Å². The maximum atomic E-state index is 10.9. The van der Waals surface area contributed by atoms with Gasteiger partial charge >= 0.3 is 0 Å². The summed E-state index contributed by atoms with van der Waals surface area (Å²) in [7, 11) is 0. The molecule has 1 aromatic carbocycles. The van der Waals surface area contributed by atoms with Crippen LogP contribution in [-0.2, 0) is 9.53 Å². The molecule has 2 rings (SSSR count). The summed E-state index contributed by atoms with van der Waals surface area (Å²) in [5, 5.41) is 0. The Balaban J connectivity index is 2.07. The highest BCUT2D eigenvalue weighted by atomic mass is 16.5. The van der Waals surface area contributed by atoms with Gasteiger partial charge in [-0.05, 0) is 12.0 Å². The van der Waals surface area contributed by atoms with E-state index in [1.807, 2.05) is 30.3 Å². The smallest absolute Gasteiger partial charge is 0.158 e. The summed E-state index contributed by atoms with van der Waals surface area (Å²) < 4.78 is 5.43. The molecule has 2 nitrogen and oxygen atoms in total. The third kappa shape index (κ3) is 1.95. The first-order valence-corrected chi connectivity index (χ1v) is 4.54. The van der Waals surface area contributed by atoms with E-state index in [0.717, 1.165) is 6.42 Å². The summed E-state index contributed by atoms with van der Waals surface area (Å²) in [6, 6.07) is 10.1. The van der Waals surface area contributed by atoms with Gasteiger partial charge in [0.1, 0.15) is 6.61 Å². The number of Topliss-reactive ketones (excluding diaryl/α,β-unsaturated/α-hetero) is 1. The molecule has 1 aliphatic rings. The average Bonchev–Trinajstić information content (AvgIpc) is 2.20. The van der Waals surface area contributed by atoms with Gasteiger partial charge in [-0.3, -0.25) is 4.79 Å². The van der Waals surface area contributed by atoms with Crippen molar-refractivity contribution in [3.05, 3.63) is 35.9 Å². The Labute approximate surface area is 77.5 Å². The lowest BCUT2D eigenvalue weighted by Gasteiger charge is -2.21. The summed E-state index contributed by atoms with van der Waals surface area (Å²) in [6.07, 6.45) is 1.60. The van der Waals surface area contributed by atoms with Crippen LogP contribution in [0.4, 0.5) is 0 Å². The second kappa shape index (κ2) is 3.71. The van der Waals surface area contributed by atoms with Gasteiger partial charge < -0.3 is 4.74 Å². The molecule has 0 radical (unpaired) electrons. The van der Waals surface area contributed by atoms with Crippen LogP contribution in [0, 0.1) is 0 Å². The summed E-state index contributed by atoms with van der Waals surface area (Å²) >= 11 is 0. The van der Waals surface area contributed by atoms with Crippen molar-refractivity contribution in [2.45, 2.75) is 18.9 Å². The summed E-state index contributed by atoms with van der Waals surface area (Å²) in [6.45, 7) is 0.277. The Morgan fingerprint density at radius 3 is 2.62 bits per heavy atom. The Kier molecular flexibility index (Phi) is 2.41. The normalized spacial score (nSPS) is 23.1. The van der Waals surface area contributed by atoms with Gasteiger partial charge in [0, 0.05) is 6.42 Å². The molecule has 0 saturated carbocycles. The van der Waals surface area contributed by atoms with Gasteiger partial charge in [-0.25, -0.2) is 0 Å². The van der Waals surface area contributed by atoms with Gasteiger partial charge in [0.15, 0.2) is 5.78 Å². The minimum Gasteiger partial charge on any atom is -0.366 e. The van der Waals surface area contributed by atoms with Crippen molar-refractivity contribution >= 4 is 5.78 Å². The molecule has 0 unspecified atom stereocenters. The van der Waals surface area contributed by atoms with E-state index in [1.165, 1.54) is 5.56 Å². The Hall–Kier alpha value is -1.15. The number of benzene rings is 1. The van der Waals surface area contributed by atoms with Gasteiger partial charge in [0.2, 0.25) is 0 Å². The monoisotopic (exact) mass is 176 g/mol. The Morgan fingerprint density at radius 1 is 1.23 bits per heavy atom. The zero-order valence-corrected chi connectivity index (χ0v) is 7.40. The van der Waals surface area contributed by atoms with Crippen molar-refractivity contribution in [3.8, 4) is 0 Å². The van der Waals surface area contributed by atoms with Crippen LogP contribution in [0.25, 0.3) is 0 Å². The van der Waals surface area contributed by atoms with E-state index in [0.29, 0.717) is 6.42 Å². The number of rotatable bonds is 1. The molecule has 1 atom stereocenters. The molecule has 68 valence electrons. The third-order valence-corrected chi connectivity index (χ3v) is 2.30. The molecule has 1 fully saturated rings. The van der Waals surface area contributed by atoms with E-state index in [1.54, 1.807) is 0 Å². The molecule has 0 N–H and O–H groups in total. The molecule has 0 spiro atoms. The van der Waals surface area contributed by atoms with Crippen LogP contribution in [0.5, 0.6) is 0 Å². The fraction of sp³-hybridized carbons (Fsp3) is 0.364. The zero-order valence-electron chi connectivity index (χ0n) is 7.40. The molecule has 1 heterocycles. The van der Waals surface area contributed by atoms with E-state index < -0.39 is 0 Å². The molecule has 13 heavy (non-hydrogen) atoms. The number of carbonyl (C=O) groups excluding carboxylic acids is 1. The first kappa shape index (κ1) is 8.45.